The summed E-state index contributed by atoms with van der Waals surface area (Å²) in [5.41, 5.74) is 1.29. The van der Waals surface area contributed by atoms with Gasteiger partial charge in [-0.2, -0.15) is 0 Å². The van der Waals surface area contributed by atoms with Crippen LogP contribution in [0.5, 0.6) is 11.5 Å². The van der Waals surface area contributed by atoms with Crippen LogP contribution in [-0.2, 0) is 4.79 Å². The van der Waals surface area contributed by atoms with Crippen molar-refractivity contribution >= 4 is 5.91 Å². The monoisotopic (exact) mass is 319 g/mol. The summed E-state index contributed by atoms with van der Waals surface area (Å²) in [6.45, 7) is 2.86. The highest BCUT2D eigenvalue weighted by Crippen LogP contribution is 2.46. The van der Waals surface area contributed by atoms with Gasteiger partial charge < -0.3 is 14.4 Å². The summed E-state index contributed by atoms with van der Waals surface area (Å²) < 4.78 is 10.8. The van der Waals surface area contributed by atoms with Crippen molar-refractivity contribution in [1.82, 2.24) is 4.90 Å². The molecule has 1 aliphatic rings. The van der Waals surface area contributed by atoms with Crippen molar-refractivity contribution in [3.05, 3.63) is 23.8 Å². The normalized spacial score (nSPS) is 15.1. The van der Waals surface area contributed by atoms with Gasteiger partial charge in [0, 0.05) is 20.0 Å². The molecule has 0 radical (unpaired) electrons. The molecule has 1 fully saturated rings. The number of hydrogen-bond acceptors (Lipinski definition) is 3. The Balaban J connectivity index is 2.05. The second kappa shape index (κ2) is 8.23. The minimum atomic E-state index is 0.245. The van der Waals surface area contributed by atoms with Crippen LogP contribution in [0.4, 0.5) is 0 Å². The van der Waals surface area contributed by atoms with Crippen molar-refractivity contribution in [3.8, 4) is 11.5 Å². The van der Waals surface area contributed by atoms with Gasteiger partial charge in [-0.3, -0.25) is 4.79 Å². The van der Waals surface area contributed by atoms with Gasteiger partial charge in [-0.15, -0.1) is 0 Å². The molecule has 0 aromatic heterocycles. The number of nitrogens with zero attached hydrogens (tertiary/aromatic N) is 1. The van der Waals surface area contributed by atoms with Crippen molar-refractivity contribution in [3.63, 3.8) is 0 Å². The van der Waals surface area contributed by atoms with Crippen molar-refractivity contribution in [1.29, 1.82) is 0 Å². The fourth-order valence-corrected chi connectivity index (χ4v) is 3.12. The zero-order valence-electron chi connectivity index (χ0n) is 14.8. The molecule has 1 saturated carbocycles. The van der Waals surface area contributed by atoms with E-state index in [0.717, 1.165) is 36.8 Å². The quantitative estimate of drug-likeness (QED) is 0.694. The molecule has 1 aromatic rings. The molecule has 4 heteroatoms. The number of carbonyl (C=O) groups is 1. The average Bonchev–Trinajstić information content (AvgIpc) is 3.39. The van der Waals surface area contributed by atoms with E-state index in [1.165, 1.54) is 18.4 Å². The summed E-state index contributed by atoms with van der Waals surface area (Å²) in [5, 5.41) is 0. The first-order chi connectivity index (χ1) is 11.1. The van der Waals surface area contributed by atoms with E-state index < -0.39 is 0 Å². The van der Waals surface area contributed by atoms with Gasteiger partial charge in [-0.1, -0.05) is 13.0 Å². The third kappa shape index (κ3) is 4.63. The first kappa shape index (κ1) is 17.6. The smallest absolute Gasteiger partial charge is 0.222 e. The second-order valence-electron chi connectivity index (χ2n) is 6.41. The summed E-state index contributed by atoms with van der Waals surface area (Å²) in [7, 11) is 5.24. The molecule has 1 atom stereocenters. The lowest BCUT2D eigenvalue weighted by Gasteiger charge is -2.23. The topological polar surface area (TPSA) is 38.8 Å². The van der Waals surface area contributed by atoms with Gasteiger partial charge in [-0.05, 0) is 55.2 Å². The van der Waals surface area contributed by atoms with Crippen LogP contribution >= 0.6 is 0 Å². The van der Waals surface area contributed by atoms with Crippen LogP contribution in [0, 0.1) is 5.92 Å². The number of ether oxygens (including phenoxy) is 2. The Morgan fingerprint density at radius 2 is 1.96 bits per heavy atom. The molecular formula is C19H29NO3. The standard InChI is InChI=1S/C19H29NO3/c1-5-6-19(21)20(2)12-11-16(14-7-8-14)15-9-10-17(22-3)18(13-15)23-4/h9-10,13-14,16H,5-8,11-12H2,1-4H3. The van der Waals surface area contributed by atoms with Crippen LogP contribution in [0.25, 0.3) is 0 Å². The van der Waals surface area contributed by atoms with E-state index in [0.29, 0.717) is 12.3 Å². The Labute approximate surface area is 139 Å². The Kier molecular flexibility index (Phi) is 6.31. The molecule has 0 saturated heterocycles. The number of amides is 1. The largest absolute Gasteiger partial charge is 0.493 e. The van der Waals surface area contributed by atoms with Gasteiger partial charge in [-0.25, -0.2) is 0 Å². The fraction of sp³-hybridized carbons (Fsp3) is 0.632. The maximum atomic E-state index is 12.0. The summed E-state index contributed by atoms with van der Waals surface area (Å²) in [6.07, 6.45) is 5.12. The van der Waals surface area contributed by atoms with Crippen molar-refractivity contribution in [2.75, 3.05) is 27.8 Å². The van der Waals surface area contributed by atoms with Crippen molar-refractivity contribution in [2.24, 2.45) is 5.92 Å². The first-order valence-corrected chi connectivity index (χ1v) is 8.56. The van der Waals surface area contributed by atoms with Crippen molar-refractivity contribution in [2.45, 2.75) is 44.9 Å². The van der Waals surface area contributed by atoms with Crippen molar-refractivity contribution < 1.29 is 14.3 Å². The molecule has 1 unspecified atom stereocenters. The van der Waals surface area contributed by atoms with E-state index in [-0.39, 0.29) is 5.91 Å². The zero-order valence-corrected chi connectivity index (χ0v) is 14.8. The van der Waals surface area contributed by atoms with Crippen LogP contribution in [0.3, 0.4) is 0 Å². The Morgan fingerprint density at radius 3 is 2.52 bits per heavy atom. The number of methoxy groups -OCH3 is 2. The van der Waals surface area contributed by atoms with Crippen LogP contribution in [0.15, 0.2) is 18.2 Å². The first-order valence-electron chi connectivity index (χ1n) is 8.56. The summed E-state index contributed by atoms with van der Waals surface area (Å²) in [5.74, 6) is 3.02. The van der Waals surface area contributed by atoms with Gasteiger partial charge in [0.05, 0.1) is 14.2 Å². The van der Waals surface area contributed by atoms with Gasteiger partial charge in [0.25, 0.3) is 0 Å². The summed E-state index contributed by atoms with van der Waals surface area (Å²) in [6, 6.07) is 6.21. The van der Waals surface area contributed by atoms with Crippen LogP contribution in [0.2, 0.25) is 0 Å². The van der Waals surface area contributed by atoms with Gasteiger partial charge >= 0.3 is 0 Å². The highest BCUT2D eigenvalue weighted by atomic mass is 16.5. The molecule has 1 aliphatic carbocycles. The highest BCUT2D eigenvalue weighted by molar-refractivity contribution is 5.75. The van der Waals surface area contributed by atoms with E-state index in [4.69, 9.17) is 9.47 Å². The van der Waals surface area contributed by atoms with E-state index in [2.05, 4.69) is 12.1 Å². The summed E-state index contributed by atoms with van der Waals surface area (Å²) in [4.78, 5) is 13.8. The van der Waals surface area contributed by atoms with Crippen LogP contribution in [-0.4, -0.2) is 38.6 Å². The average molecular weight is 319 g/mol. The summed E-state index contributed by atoms with van der Waals surface area (Å²) >= 11 is 0. The lowest BCUT2D eigenvalue weighted by Crippen LogP contribution is -2.28. The lowest BCUT2D eigenvalue weighted by molar-refractivity contribution is -0.130. The number of rotatable bonds is 9. The van der Waals surface area contributed by atoms with E-state index in [9.17, 15) is 4.79 Å². The molecule has 2 rings (SSSR count). The molecule has 1 aromatic carbocycles. The minimum absolute atomic E-state index is 0.245. The fourth-order valence-electron chi connectivity index (χ4n) is 3.12. The molecule has 0 N–H and O–H groups in total. The van der Waals surface area contributed by atoms with Crippen LogP contribution in [0.1, 0.15) is 50.5 Å². The SMILES string of the molecule is CCCC(=O)N(C)CCC(c1ccc(OC)c(OC)c1)C1CC1. The zero-order chi connectivity index (χ0) is 16.8. The molecule has 0 bridgehead atoms. The predicted molar refractivity (Wildman–Crippen MR) is 92.2 cm³/mol. The third-order valence-corrected chi connectivity index (χ3v) is 4.69. The third-order valence-electron chi connectivity index (χ3n) is 4.69. The van der Waals surface area contributed by atoms with E-state index >= 15 is 0 Å². The molecule has 0 aliphatic heterocycles. The van der Waals surface area contributed by atoms with Gasteiger partial charge in [0.1, 0.15) is 0 Å². The molecule has 1 amide bonds. The Bertz CT molecular complexity index is 525. The minimum Gasteiger partial charge on any atom is -0.493 e. The maximum Gasteiger partial charge on any atom is 0.222 e. The van der Waals surface area contributed by atoms with E-state index in [1.807, 2.05) is 24.9 Å². The lowest BCUT2D eigenvalue weighted by atomic mass is 9.90. The Morgan fingerprint density at radius 1 is 1.26 bits per heavy atom. The maximum absolute atomic E-state index is 12.0. The molecule has 0 spiro atoms. The van der Waals surface area contributed by atoms with E-state index in [1.54, 1.807) is 14.2 Å². The molecule has 4 nitrogen and oxygen atoms in total. The van der Waals surface area contributed by atoms with Gasteiger partial charge in [0.15, 0.2) is 11.5 Å². The second-order valence-corrected chi connectivity index (χ2v) is 6.41. The molecular weight excluding hydrogens is 290 g/mol. The number of hydrogen-bond donors (Lipinski definition) is 0. The molecule has 0 heterocycles. The molecule has 23 heavy (non-hydrogen) atoms. The predicted octanol–water partition coefficient (Wildman–Crippen LogP) is 3.85. The number of carbonyl (C=O) groups excluding carboxylic acids is 1. The highest BCUT2D eigenvalue weighted by Gasteiger charge is 2.32. The molecule has 128 valence electrons. The van der Waals surface area contributed by atoms with Crippen LogP contribution < -0.4 is 9.47 Å². The number of benzene rings is 1. The van der Waals surface area contributed by atoms with Gasteiger partial charge in [0.2, 0.25) is 5.91 Å². The Hall–Kier alpha value is -1.71.